The maximum atomic E-state index is 11.5. The number of rotatable bonds is 5. The first kappa shape index (κ1) is 11.9. The van der Waals surface area contributed by atoms with Crippen LogP contribution in [0.15, 0.2) is 11.5 Å². The molecule has 0 radical (unpaired) electrons. The lowest BCUT2D eigenvalue weighted by Crippen LogP contribution is -2.10. The molecule has 0 aromatic rings. The second-order valence-corrected chi connectivity index (χ2v) is 3.42. The Morgan fingerprint density at radius 2 is 2.27 bits per heavy atom. The van der Waals surface area contributed by atoms with Gasteiger partial charge in [-0.05, 0) is 13.3 Å². The van der Waals surface area contributed by atoms with Gasteiger partial charge in [-0.1, -0.05) is 13.3 Å². The summed E-state index contributed by atoms with van der Waals surface area (Å²) in [5.41, 5.74) is 0.526. The molecule has 86 valence electrons. The van der Waals surface area contributed by atoms with Crippen LogP contribution in [-0.2, 0) is 19.0 Å². The Morgan fingerprint density at radius 3 is 2.80 bits per heavy atom. The van der Waals surface area contributed by atoms with Crippen LogP contribution in [0.1, 0.15) is 33.1 Å². The third-order valence-electron chi connectivity index (χ3n) is 2.27. The highest BCUT2D eigenvalue weighted by Gasteiger charge is 2.31. The highest BCUT2D eigenvalue weighted by atomic mass is 16.7. The van der Waals surface area contributed by atoms with E-state index < -0.39 is 0 Å². The molecule has 0 spiro atoms. The van der Waals surface area contributed by atoms with E-state index in [1.54, 1.807) is 6.92 Å². The minimum atomic E-state index is -0.326. The summed E-state index contributed by atoms with van der Waals surface area (Å²) in [7, 11) is 1.50. The van der Waals surface area contributed by atoms with Gasteiger partial charge >= 0.3 is 5.97 Å². The van der Waals surface area contributed by atoms with Gasteiger partial charge < -0.3 is 14.2 Å². The predicted molar refractivity (Wildman–Crippen MR) is 55.1 cm³/mol. The average molecular weight is 214 g/mol. The Hall–Kier alpha value is -1.19. The van der Waals surface area contributed by atoms with E-state index in [0.29, 0.717) is 24.5 Å². The van der Waals surface area contributed by atoms with Crippen LogP contribution < -0.4 is 0 Å². The zero-order valence-corrected chi connectivity index (χ0v) is 9.54. The number of esters is 1. The van der Waals surface area contributed by atoms with E-state index in [-0.39, 0.29) is 12.1 Å². The van der Waals surface area contributed by atoms with Crippen LogP contribution in [0, 0.1) is 0 Å². The lowest BCUT2D eigenvalue weighted by Gasteiger charge is -2.09. The van der Waals surface area contributed by atoms with Crippen LogP contribution in [-0.4, -0.2) is 25.8 Å². The van der Waals surface area contributed by atoms with E-state index in [9.17, 15) is 4.79 Å². The van der Waals surface area contributed by atoms with Crippen molar-refractivity contribution in [1.82, 2.24) is 0 Å². The van der Waals surface area contributed by atoms with Crippen LogP contribution in [0.5, 0.6) is 0 Å². The van der Waals surface area contributed by atoms with Crippen molar-refractivity contribution in [1.29, 1.82) is 0 Å². The Bertz CT molecular complexity index is 257. The standard InChI is InChI=1S/C11H18O4/c1-4-6-8-7-9(10(12)14-5-2)11(13-3)15-8/h8H,4-7H2,1-3H3. The number of ether oxygens (including phenoxy) is 3. The molecule has 4 nitrogen and oxygen atoms in total. The van der Waals surface area contributed by atoms with Gasteiger partial charge in [-0.3, -0.25) is 0 Å². The second-order valence-electron chi connectivity index (χ2n) is 3.42. The Morgan fingerprint density at radius 1 is 1.53 bits per heavy atom. The van der Waals surface area contributed by atoms with Crippen LogP contribution >= 0.6 is 0 Å². The molecular weight excluding hydrogens is 196 g/mol. The molecule has 1 heterocycles. The molecule has 1 aliphatic heterocycles. The molecule has 0 saturated heterocycles. The topological polar surface area (TPSA) is 44.8 Å². The summed E-state index contributed by atoms with van der Waals surface area (Å²) in [6.45, 7) is 4.24. The molecule has 0 aromatic heterocycles. The van der Waals surface area contributed by atoms with Crippen LogP contribution in [0.3, 0.4) is 0 Å². The van der Waals surface area contributed by atoms with Crippen LogP contribution in [0.2, 0.25) is 0 Å². The largest absolute Gasteiger partial charge is 0.468 e. The third-order valence-corrected chi connectivity index (χ3v) is 2.27. The van der Waals surface area contributed by atoms with Gasteiger partial charge in [-0.25, -0.2) is 4.79 Å². The lowest BCUT2D eigenvalue weighted by molar-refractivity contribution is -0.138. The van der Waals surface area contributed by atoms with E-state index in [2.05, 4.69) is 6.92 Å². The van der Waals surface area contributed by atoms with Crippen LogP contribution in [0.25, 0.3) is 0 Å². The molecule has 1 aliphatic rings. The summed E-state index contributed by atoms with van der Waals surface area (Å²) in [6, 6.07) is 0. The average Bonchev–Trinajstić information content (AvgIpc) is 2.62. The molecule has 0 aliphatic carbocycles. The minimum Gasteiger partial charge on any atom is -0.468 e. The van der Waals surface area contributed by atoms with Crippen molar-refractivity contribution in [2.75, 3.05) is 13.7 Å². The molecule has 1 rings (SSSR count). The van der Waals surface area contributed by atoms with Gasteiger partial charge in [0, 0.05) is 6.42 Å². The highest BCUT2D eigenvalue weighted by molar-refractivity contribution is 5.89. The molecule has 0 aromatic carbocycles. The Balaban J connectivity index is 2.63. The van der Waals surface area contributed by atoms with Crippen molar-refractivity contribution < 1.29 is 19.0 Å². The van der Waals surface area contributed by atoms with Gasteiger partial charge in [0.25, 0.3) is 5.95 Å². The molecule has 1 unspecified atom stereocenters. The molecule has 0 amide bonds. The normalized spacial score (nSPS) is 20.1. The Labute approximate surface area is 90.2 Å². The number of methoxy groups -OCH3 is 1. The highest BCUT2D eigenvalue weighted by Crippen LogP contribution is 2.28. The number of hydrogen-bond acceptors (Lipinski definition) is 4. The molecular formula is C11H18O4. The van der Waals surface area contributed by atoms with Gasteiger partial charge in [0.2, 0.25) is 0 Å². The number of carbonyl (C=O) groups excluding carboxylic acids is 1. The molecule has 0 bridgehead atoms. The summed E-state index contributed by atoms with van der Waals surface area (Å²) < 4.78 is 15.4. The molecule has 0 saturated carbocycles. The van der Waals surface area contributed by atoms with E-state index in [1.165, 1.54) is 7.11 Å². The summed E-state index contributed by atoms with van der Waals surface area (Å²) in [6.07, 6.45) is 2.60. The SMILES string of the molecule is CCCC1CC(C(=O)OCC)=C(OC)O1. The van der Waals surface area contributed by atoms with Crippen molar-refractivity contribution in [2.24, 2.45) is 0 Å². The molecule has 1 atom stereocenters. The summed E-state index contributed by atoms with van der Waals surface area (Å²) >= 11 is 0. The van der Waals surface area contributed by atoms with Gasteiger partial charge in [-0.15, -0.1) is 0 Å². The first-order chi connectivity index (χ1) is 7.22. The van der Waals surface area contributed by atoms with Crippen molar-refractivity contribution in [3.8, 4) is 0 Å². The minimum absolute atomic E-state index is 0.0596. The van der Waals surface area contributed by atoms with Crippen LogP contribution in [0.4, 0.5) is 0 Å². The summed E-state index contributed by atoms with van der Waals surface area (Å²) in [5, 5.41) is 0. The zero-order chi connectivity index (χ0) is 11.3. The Kier molecular flexibility index (Phi) is 4.46. The smallest absolute Gasteiger partial charge is 0.341 e. The fraction of sp³-hybridized carbons (Fsp3) is 0.727. The first-order valence-corrected chi connectivity index (χ1v) is 5.33. The monoisotopic (exact) mass is 214 g/mol. The fourth-order valence-electron chi connectivity index (χ4n) is 1.61. The quantitative estimate of drug-likeness (QED) is 0.656. The molecule has 4 heteroatoms. The molecule has 0 fully saturated rings. The van der Waals surface area contributed by atoms with Crippen molar-refractivity contribution in [3.63, 3.8) is 0 Å². The molecule has 15 heavy (non-hydrogen) atoms. The van der Waals surface area contributed by atoms with Gasteiger partial charge in [0.15, 0.2) is 0 Å². The van der Waals surface area contributed by atoms with Gasteiger partial charge in [0.05, 0.1) is 13.7 Å². The van der Waals surface area contributed by atoms with Crippen molar-refractivity contribution in [3.05, 3.63) is 11.5 Å². The molecule has 0 N–H and O–H groups in total. The van der Waals surface area contributed by atoms with Gasteiger partial charge in [-0.2, -0.15) is 0 Å². The van der Waals surface area contributed by atoms with Crippen molar-refractivity contribution in [2.45, 2.75) is 39.2 Å². The van der Waals surface area contributed by atoms with E-state index in [1.807, 2.05) is 0 Å². The fourth-order valence-corrected chi connectivity index (χ4v) is 1.61. The summed E-state index contributed by atoms with van der Waals surface area (Å²) in [5.74, 6) is -0.000136. The number of hydrogen-bond donors (Lipinski definition) is 0. The van der Waals surface area contributed by atoms with E-state index in [0.717, 1.165) is 12.8 Å². The zero-order valence-electron chi connectivity index (χ0n) is 9.54. The first-order valence-electron chi connectivity index (χ1n) is 5.33. The van der Waals surface area contributed by atoms with Crippen molar-refractivity contribution >= 4 is 5.97 Å². The van der Waals surface area contributed by atoms with E-state index >= 15 is 0 Å². The second kappa shape index (κ2) is 5.63. The van der Waals surface area contributed by atoms with E-state index in [4.69, 9.17) is 14.2 Å². The van der Waals surface area contributed by atoms with Gasteiger partial charge in [0.1, 0.15) is 11.7 Å². The maximum Gasteiger partial charge on any atom is 0.341 e. The lowest BCUT2D eigenvalue weighted by atomic mass is 10.1. The number of carbonyl (C=O) groups is 1. The maximum absolute atomic E-state index is 11.5. The summed E-state index contributed by atoms with van der Waals surface area (Å²) in [4.78, 5) is 11.5. The third kappa shape index (κ3) is 2.88. The predicted octanol–water partition coefficient (Wildman–Crippen LogP) is 2.00.